The molecule has 2 atom stereocenters. The molecule has 0 saturated carbocycles. The lowest BCUT2D eigenvalue weighted by Gasteiger charge is -2.35. The van der Waals surface area contributed by atoms with E-state index in [1.165, 1.54) is 0 Å². The Bertz CT molecular complexity index is 202. The minimum atomic E-state index is 0.254. The molecule has 1 heterocycles. The Morgan fingerprint density at radius 1 is 1.47 bits per heavy atom. The Morgan fingerprint density at radius 2 is 2.24 bits per heavy atom. The van der Waals surface area contributed by atoms with Gasteiger partial charge in [-0.1, -0.05) is 13.3 Å². The topological polar surface area (TPSA) is 24.5 Å². The Hall–Kier alpha value is 0.170. The number of nitrogens with zero attached hydrogens (tertiary/aromatic N) is 1. The molecule has 0 spiro atoms. The SMILES string of the molecule is CCCC(Cl)CNCC1CN(C(C)C)CCO1. The number of ether oxygens (including phenoxy) is 1. The largest absolute Gasteiger partial charge is 0.374 e. The molecule has 4 heteroatoms. The van der Waals surface area contributed by atoms with Crippen LogP contribution < -0.4 is 5.32 Å². The van der Waals surface area contributed by atoms with Crippen LogP contribution in [0.1, 0.15) is 33.6 Å². The second-order valence-electron chi connectivity index (χ2n) is 5.13. The summed E-state index contributed by atoms with van der Waals surface area (Å²) in [6.45, 7) is 11.4. The lowest BCUT2D eigenvalue weighted by molar-refractivity contribution is -0.0370. The predicted molar refractivity (Wildman–Crippen MR) is 73.9 cm³/mol. The van der Waals surface area contributed by atoms with Crippen LogP contribution in [0.5, 0.6) is 0 Å². The predicted octanol–water partition coefficient (Wildman–Crippen LogP) is 2.09. The first kappa shape index (κ1) is 15.2. The number of nitrogens with one attached hydrogen (secondary N) is 1. The fraction of sp³-hybridized carbons (Fsp3) is 1.00. The first-order valence-corrected chi connectivity index (χ1v) is 7.27. The molecule has 0 aliphatic carbocycles. The molecule has 0 aromatic heterocycles. The van der Waals surface area contributed by atoms with Crippen molar-refractivity contribution in [2.24, 2.45) is 0 Å². The Labute approximate surface area is 111 Å². The summed E-state index contributed by atoms with van der Waals surface area (Å²) in [6.07, 6.45) is 2.55. The van der Waals surface area contributed by atoms with Crippen molar-refractivity contribution in [2.45, 2.75) is 51.1 Å². The Kier molecular flexibility index (Phi) is 7.44. The van der Waals surface area contributed by atoms with Gasteiger partial charge in [0.15, 0.2) is 0 Å². The van der Waals surface area contributed by atoms with E-state index in [0.717, 1.165) is 45.6 Å². The van der Waals surface area contributed by atoms with E-state index < -0.39 is 0 Å². The highest BCUT2D eigenvalue weighted by molar-refractivity contribution is 6.20. The normalized spacial score (nSPS) is 24.2. The average Bonchev–Trinajstić information content (AvgIpc) is 2.30. The minimum absolute atomic E-state index is 0.254. The summed E-state index contributed by atoms with van der Waals surface area (Å²) in [4.78, 5) is 2.47. The van der Waals surface area contributed by atoms with Gasteiger partial charge in [0.05, 0.1) is 12.7 Å². The minimum Gasteiger partial charge on any atom is -0.374 e. The molecule has 17 heavy (non-hydrogen) atoms. The number of rotatable bonds is 7. The standard InChI is InChI=1S/C13H27ClN2O/c1-4-5-12(14)8-15-9-13-10-16(11(2)3)6-7-17-13/h11-13,15H,4-10H2,1-3H3. The molecular weight excluding hydrogens is 236 g/mol. The second kappa shape index (κ2) is 8.30. The number of alkyl halides is 1. The first-order valence-electron chi connectivity index (χ1n) is 6.84. The summed E-state index contributed by atoms with van der Waals surface area (Å²) in [6, 6.07) is 0.613. The molecule has 1 aliphatic heterocycles. The molecule has 1 rings (SSSR count). The maximum Gasteiger partial charge on any atom is 0.0826 e. The van der Waals surface area contributed by atoms with Crippen LogP contribution >= 0.6 is 11.6 Å². The van der Waals surface area contributed by atoms with E-state index in [4.69, 9.17) is 16.3 Å². The third kappa shape index (κ3) is 6.05. The van der Waals surface area contributed by atoms with Crippen molar-refractivity contribution < 1.29 is 4.74 Å². The molecule has 2 unspecified atom stereocenters. The second-order valence-corrected chi connectivity index (χ2v) is 5.74. The van der Waals surface area contributed by atoms with Gasteiger partial charge in [-0.2, -0.15) is 0 Å². The van der Waals surface area contributed by atoms with Gasteiger partial charge in [0.25, 0.3) is 0 Å². The van der Waals surface area contributed by atoms with E-state index >= 15 is 0 Å². The highest BCUT2D eigenvalue weighted by Gasteiger charge is 2.21. The van der Waals surface area contributed by atoms with Crippen LogP contribution in [0.15, 0.2) is 0 Å². The molecule has 1 saturated heterocycles. The Morgan fingerprint density at radius 3 is 2.88 bits per heavy atom. The molecule has 1 aliphatic rings. The van der Waals surface area contributed by atoms with E-state index in [1.54, 1.807) is 0 Å². The van der Waals surface area contributed by atoms with E-state index in [1.807, 2.05) is 0 Å². The fourth-order valence-corrected chi connectivity index (χ4v) is 2.48. The smallest absolute Gasteiger partial charge is 0.0826 e. The highest BCUT2D eigenvalue weighted by atomic mass is 35.5. The van der Waals surface area contributed by atoms with E-state index in [0.29, 0.717) is 12.1 Å². The van der Waals surface area contributed by atoms with Crippen LogP contribution in [0.3, 0.4) is 0 Å². The molecule has 0 bridgehead atoms. The summed E-state index contributed by atoms with van der Waals surface area (Å²) in [7, 11) is 0. The number of hydrogen-bond acceptors (Lipinski definition) is 3. The van der Waals surface area contributed by atoms with Crippen molar-refractivity contribution in [2.75, 3.05) is 32.8 Å². The third-order valence-corrected chi connectivity index (χ3v) is 3.61. The molecule has 0 amide bonds. The monoisotopic (exact) mass is 262 g/mol. The van der Waals surface area contributed by atoms with Gasteiger partial charge >= 0.3 is 0 Å². The molecule has 3 nitrogen and oxygen atoms in total. The van der Waals surface area contributed by atoms with Gasteiger partial charge in [-0.05, 0) is 20.3 Å². The van der Waals surface area contributed by atoms with Crippen LogP contribution in [-0.2, 0) is 4.74 Å². The van der Waals surface area contributed by atoms with Gasteiger partial charge in [-0.3, -0.25) is 4.90 Å². The fourth-order valence-electron chi connectivity index (χ4n) is 2.15. The number of halogens is 1. The van der Waals surface area contributed by atoms with Gasteiger partial charge in [-0.15, -0.1) is 11.6 Å². The number of morpholine rings is 1. The molecule has 102 valence electrons. The van der Waals surface area contributed by atoms with Crippen LogP contribution in [0.4, 0.5) is 0 Å². The van der Waals surface area contributed by atoms with Crippen LogP contribution in [0.2, 0.25) is 0 Å². The van der Waals surface area contributed by atoms with Gasteiger partial charge in [-0.25, -0.2) is 0 Å². The molecular formula is C13H27ClN2O. The third-order valence-electron chi connectivity index (χ3n) is 3.24. The van der Waals surface area contributed by atoms with E-state index in [2.05, 4.69) is 31.0 Å². The molecule has 1 fully saturated rings. The van der Waals surface area contributed by atoms with E-state index in [9.17, 15) is 0 Å². The molecule has 0 aromatic carbocycles. The summed E-state index contributed by atoms with van der Waals surface area (Å²) in [5.74, 6) is 0. The number of hydrogen-bond donors (Lipinski definition) is 1. The summed E-state index contributed by atoms with van der Waals surface area (Å²) in [5.41, 5.74) is 0. The van der Waals surface area contributed by atoms with Crippen molar-refractivity contribution >= 4 is 11.6 Å². The highest BCUT2D eigenvalue weighted by Crippen LogP contribution is 2.08. The van der Waals surface area contributed by atoms with Crippen LogP contribution in [0.25, 0.3) is 0 Å². The maximum absolute atomic E-state index is 6.16. The lowest BCUT2D eigenvalue weighted by atomic mass is 10.2. The van der Waals surface area contributed by atoms with Crippen molar-refractivity contribution in [1.82, 2.24) is 10.2 Å². The molecule has 0 radical (unpaired) electrons. The zero-order chi connectivity index (χ0) is 12.7. The van der Waals surface area contributed by atoms with Crippen molar-refractivity contribution in [1.29, 1.82) is 0 Å². The van der Waals surface area contributed by atoms with Gasteiger partial charge < -0.3 is 10.1 Å². The van der Waals surface area contributed by atoms with Gasteiger partial charge in [0.2, 0.25) is 0 Å². The van der Waals surface area contributed by atoms with Gasteiger partial charge in [0, 0.05) is 37.6 Å². The van der Waals surface area contributed by atoms with Crippen LogP contribution in [-0.4, -0.2) is 55.2 Å². The van der Waals surface area contributed by atoms with Crippen molar-refractivity contribution in [3.8, 4) is 0 Å². The summed E-state index contributed by atoms with van der Waals surface area (Å²) in [5, 5.41) is 3.67. The first-order chi connectivity index (χ1) is 8.13. The quantitative estimate of drug-likeness (QED) is 0.711. The van der Waals surface area contributed by atoms with Gasteiger partial charge in [0.1, 0.15) is 0 Å². The maximum atomic E-state index is 6.16. The zero-order valence-corrected chi connectivity index (χ0v) is 12.2. The molecule has 1 N–H and O–H groups in total. The molecule has 0 aromatic rings. The average molecular weight is 263 g/mol. The lowest BCUT2D eigenvalue weighted by Crippen LogP contribution is -2.49. The zero-order valence-electron chi connectivity index (χ0n) is 11.4. The van der Waals surface area contributed by atoms with Crippen molar-refractivity contribution in [3.63, 3.8) is 0 Å². The van der Waals surface area contributed by atoms with Crippen LogP contribution in [0, 0.1) is 0 Å². The van der Waals surface area contributed by atoms with Crippen molar-refractivity contribution in [3.05, 3.63) is 0 Å². The summed E-state index contributed by atoms with van der Waals surface area (Å²) >= 11 is 6.16. The summed E-state index contributed by atoms with van der Waals surface area (Å²) < 4.78 is 5.75. The van der Waals surface area contributed by atoms with E-state index in [-0.39, 0.29) is 5.38 Å². The Balaban J connectivity index is 2.14.